The number of nitrogens with zero attached hydrogens (tertiary/aromatic N) is 2. The second kappa shape index (κ2) is 4.42. The second-order valence-corrected chi connectivity index (χ2v) is 6.22. The molecule has 0 amide bonds. The highest BCUT2D eigenvalue weighted by molar-refractivity contribution is 7.17. The summed E-state index contributed by atoms with van der Waals surface area (Å²) in [7, 11) is 0. The molecule has 2 aromatic heterocycles. The predicted molar refractivity (Wildman–Crippen MR) is 69.3 cm³/mol. The van der Waals surface area contributed by atoms with Crippen molar-refractivity contribution in [2.75, 3.05) is 0 Å². The summed E-state index contributed by atoms with van der Waals surface area (Å²) in [6.07, 6.45) is 9.54. The minimum Gasteiger partial charge on any atom is -0.387 e. The van der Waals surface area contributed by atoms with Crippen LogP contribution in [0.1, 0.15) is 48.8 Å². The summed E-state index contributed by atoms with van der Waals surface area (Å²) in [5.74, 6) is 0.433. The molecular weight excluding hydrogens is 232 g/mol. The smallest absolute Gasteiger partial charge is 0.120 e. The number of fused-ring (bicyclic) bond motifs is 1. The summed E-state index contributed by atoms with van der Waals surface area (Å²) in [5.41, 5.74) is 1.06. The van der Waals surface area contributed by atoms with Crippen molar-refractivity contribution in [3.63, 3.8) is 0 Å². The maximum atomic E-state index is 10.6. The molecule has 1 aliphatic rings. The van der Waals surface area contributed by atoms with E-state index in [-0.39, 0.29) is 6.10 Å². The van der Waals surface area contributed by atoms with Crippen LogP contribution >= 0.6 is 11.3 Å². The molecule has 1 aliphatic carbocycles. The summed E-state index contributed by atoms with van der Waals surface area (Å²) in [6.45, 7) is 2.10. The van der Waals surface area contributed by atoms with Crippen LogP contribution in [-0.4, -0.2) is 14.5 Å². The van der Waals surface area contributed by atoms with E-state index in [2.05, 4.69) is 16.3 Å². The molecule has 1 fully saturated rings. The first kappa shape index (κ1) is 11.2. The van der Waals surface area contributed by atoms with Gasteiger partial charge in [0.25, 0.3) is 0 Å². The zero-order chi connectivity index (χ0) is 11.8. The molecule has 92 valence electrons. The van der Waals surface area contributed by atoms with Crippen LogP contribution in [0.2, 0.25) is 0 Å². The van der Waals surface area contributed by atoms with Crippen LogP contribution in [0.25, 0.3) is 4.83 Å². The van der Waals surface area contributed by atoms with Crippen LogP contribution in [0.15, 0.2) is 12.5 Å². The Labute approximate surface area is 105 Å². The standard InChI is InChI=1S/C13H18N2OS/c1-9-12(15-8-14-7-11(15)17-9)13(16)10-5-3-2-4-6-10/h7-8,10,13,16H,2-6H2,1H3. The Kier molecular flexibility index (Phi) is 2.92. The highest BCUT2D eigenvalue weighted by Crippen LogP contribution is 2.37. The van der Waals surface area contributed by atoms with Gasteiger partial charge in [-0.15, -0.1) is 11.3 Å². The molecule has 0 saturated heterocycles. The van der Waals surface area contributed by atoms with Gasteiger partial charge in [0.2, 0.25) is 0 Å². The normalized spacial score (nSPS) is 19.9. The van der Waals surface area contributed by atoms with E-state index in [0.717, 1.165) is 23.4 Å². The van der Waals surface area contributed by atoms with Gasteiger partial charge in [0.05, 0.1) is 18.0 Å². The van der Waals surface area contributed by atoms with Crippen LogP contribution in [-0.2, 0) is 0 Å². The van der Waals surface area contributed by atoms with Crippen molar-refractivity contribution in [3.8, 4) is 0 Å². The van der Waals surface area contributed by atoms with Gasteiger partial charge in [-0.3, -0.25) is 4.40 Å². The second-order valence-electron chi connectivity index (χ2n) is 4.99. The van der Waals surface area contributed by atoms with E-state index in [4.69, 9.17) is 0 Å². The maximum Gasteiger partial charge on any atom is 0.120 e. The molecule has 3 nitrogen and oxygen atoms in total. The lowest BCUT2D eigenvalue weighted by Gasteiger charge is -2.26. The number of aliphatic hydroxyl groups excluding tert-OH is 1. The number of aryl methyl sites for hydroxylation is 1. The summed E-state index contributed by atoms with van der Waals surface area (Å²) < 4.78 is 2.05. The molecule has 0 aliphatic heterocycles. The average Bonchev–Trinajstić information content (AvgIpc) is 2.89. The van der Waals surface area contributed by atoms with Crippen LogP contribution in [0.5, 0.6) is 0 Å². The molecule has 1 unspecified atom stereocenters. The van der Waals surface area contributed by atoms with Crippen molar-refractivity contribution in [2.24, 2.45) is 5.92 Å². The Morgan fingerprint density at radius 2 is 2.18 bits per heavy atom. The molecule has 4 heteroatoms. The number of aliphatic hydroxyl groups is 1. The first-order valence-corrected chi connectivity index (χ1v) is 7.18. The number of imidazole rings is 1. The van der Waals surface area contributed by atoms with E-state index in [1.54, 1.807) is 11.3 Å². The number of hydrogen-bond acceptors (Lipinski definition) is 3. The van der Waals surface area contributed by atoms with E-state index in [1.807, 2.05) is 12.5 Å². The first-order valence-electron chi connectivity index (χ1n) is 6.37. The Hall–Kier alpha value is -0.870. The van der Waals surface area contributed by atoms with Crippen LogP contribution in [0.4, 0.5) is 0 Å². The Bertz CT molecular complexity index is 510. The third-order valence-electron chi connectivity index (χ3n) is 3.86. The van der Waals surface area contributed by atoms with E-state index >= 15 is 0 Å². The van der Waals surface area contributed by atoms with Gasteiger partial charge in [-0.1, -0.05) is 19.3 Å². The quantitative estimate of drug-likeness (QED) is 0.887. The molecule has 0 radical (unpaired) electrons. The number of aromatic nitrogens is 2. The van der Waals surface area contributed by atoms with Gasteiger partial charge in [0.1, 0.15) is 11.2 Å². The first-order chi connectivity index (χ1) is 8.27. The van der Waals surface area contributed by atoms with E-state index in [0.29, 0.717) is 5.92 Å². The Balaban J connectivity index is 1.95. The van der Waals surface area contributed by atoms with E-state index in [1.165, 1.54) is 24.1 Å². The fraction of sp³-hybridized carbons (Fsp3) is 0.615. The van der Waals surface area contributed by atoms with Crippen molar-refractivity contribution in [1.82, 2.24) is 9.38 Å². The lowest BCUT2D eigenvalue weighted by atomic mass is 9.84. The SMILES string of the molecule is Cc1sc2cncn2c1C(O)C1CCCCC1. The molecule has 3 rings (SSSR count). The lowest BCUT2D eigenvalue weighted by molar-refractivity contribution is 0.0801. The molecule has 1 N–H and O–H groups in total. The molecule has 2 heterocycles. The highest BCUT2D eigenvalue weighted by Gasteiger charge is 2.27. The van der Waals surface area contributed by atoms with Gasteiger partial charge in [0, 0.05) is 4.88 Å². The number of thiazole rings is 1. The largest absolute Gasteiger partial charge is 0.387 e. The molecule has 1 atom stereocenters. The van der Waals surface area contributed by atoms with Crippen LogP contribution in [0, 0.1) is 12.8 Å². The van der Waals surface area contributed by atoms with E-state index in [9.17, 15) is 5.11 Å². The zero-order valence-electron chi connectivity index (χ0n) is 10.1. The summed E-state index contributed by atoms with van der Waals surface area (Å²) >= 11 is 1.72. The van der Waals surface area contributed by atoms with Crippen molar-refractivity contribution < 1.29 is 5.11 Å². The van der Waals surface area contributed by atoms with Crippen molar-refractivity contribution >= 4 is 16.2 Å². The third-order valence-corrected chi connectivity index (χ3v) is 4.89. The Morgan fingerprint density at radius 1 is 1.41 bits per heavy atom. The molecule has 17 heavy (non-hydrogen) atoms. The van der Waals surface area contributed by atoms with Crippen molar-refractivity contribution in [2.45, 2.75) is 45.1 Å². The van der Waals surface area contributed by atoms with Crippen LogP contribution in [0.3, 0.4) is 0 Å². The zero-order valence-corrected chi connectivity index (χ0v) is 10.9. The van der Waals surface area contributed by atoms with Gasteiger partial charge in [0.15, 0.2) is 0 Å². The molecule has 2 aromatic rings. The minimum atomic E-state index is -0.321. The van der Waals surface area contributed by atoms with Gasteiger partial charge in [-0.05, 0) is 25.7 Å². The van der Waals surface area contributed by atoms with Gasteiger partial charge >= 0.3 is 0 Å². The molecule has 0 bridgehead atoms. The maximum absolute atomic E-state index is 10.6. The van der Waals surface area contributed by atoms with Gasteiger partial charge < -0.3 is 5.11 Å². The number of rotatable bonds is 2. The average molecular weight is 250 g/mol. The topological polar surface area (TPSA) is 37.5 Å². The monoisotopic (exact) mass is 250 g/mol. The van der Waals surface area contributed by atoms with Crippen molar-refractivity contribution in [3.05, 3.63) is 23.1 Å². The summed E-state index contributed by atoms with van der Waals surface area (Å²) in [5, 5.41) is 10.6. The van der Waals surface area contributed by atoms with E-state index < -0.39 is 0 Å². The fourth-order valence-corrected chi connectivity index (χ4v) is 3.94. The lowest BCUT2D eigenvalue weighted by Crippen LogP contribution is -2.17. The fourth-order valence-electron chi connectivity index (χ4n) is 2.94. The van der Waals surface area contributed by atoms with Crippen molar-refractivity contribution in [1.29, 1.82) is 0 Å². The summed E-state index contributed by atoms with van der Waals surface area (Å²) in [6, 6.07) is 0. The Morgan fingerprint density at radius 3 is 2.94 bits per heavy atom. The predicted octanol–water partition coefficient (Wildman–Crippen LogP) is 3.32. The number of hydrogen-bond donors (Lipinski definition) is 1. The third kappa shape index (κ3) is 1.89. The minimum absolute atomic E-state index is 0.321. The molecule has 0 aromatic carbocycles. The van der Waals surface area contributed by atoms with Gasteiger partial charge in [-0.2, -0.15) is 0 Å². The van der Waals surface area contributed by atoms with Gasteiger partial charge in [-0.25, -0.2) is 4.98 Å². The molecule has 1 saturated carbocycles. The highest BCUT2D eigenvalue weighted by atomic mass is 32.1. The van der Waals surface area contributed by atoms with Crippen LogP contribution < -0.4 is 0 Å². The molecule has 0 spiro atoms. The summed E-state index contributed by atoms with van der Waals surface area (Å²) in [4.78, 5) is 6.51. The molecular formula is C13H18N2OS.